The van der Waals surface area contributed by atoms with Gasteiger partial charge in [0.1, 0.15) is 11.9 Å². The summed E-state index contributed by atoms with van der Waals surface area (Å²) in [6.45, 7) is 7.24. The fourth-order valence-corrected chi connectivity index (χ4v) is 2.11. The Balaban J connectivity index is 2.80. The SMILES string of the molecule is C=CCCC(NC(=O)c1ccc(NC(=O)CC(C)C)c(F)c1)C(=O)O. The first-order valence-corrected chi connectivity index (χ1v) is 7.98. The topological polar surface area (TPSA) is 95.5 Å². The van der Waals surface area contributed by atoms with Gasteiger partial charge in [0.05, 0.1) is 5.69 Å². The minimum absolute atomic E-state index is 0.0239. The Bertz CT molecular complexity index is 658. The van der Waals surface area contributed by atoms with E-state index in [1.807, 2.05) is 13.8 Å². The normalized spacial score (nSPS) is 11.7. The van der Waals surface area contributed by atoms with Crippen molar-refractivity contribution >= 4 is 23.5 Å². The van der Waals surface area contributed by atoms with Gasteiger partial charge >= 0.3 is 5.97 Å². The van der Waals surface area contributed by atoms with Gasteiger partial charge < -0.3 is 15.7 Å². The van der Waals surface area contributed by atoms with Gasteiger partial charge in [0, 0.05) is 12.0 Å². The molecule has 0 aliphatic heterocycles. The number of hydrogen-bond acceptors (Lipinski definition) is 3. The van der Waals surface area contributed by atoms with E-state index in [2.05, 4.69) is 17.2 Å². The van der Waals surface area contributed by atoms with Crippen molar-refractivity contribution in [2.24, 2.45) is 5.92 Å². The summed E-state index contributed by atoms with van der Waals surface area (Å²) in [5.41, 5.74) is -0.0483. The molecular weight excluding hydrogens is 327 g/mol. The number of nitrogens with one attached hydrogen (secondary N) is 2. The number of allylic oxidation sites excluding steroid dienone is 1. The highest BCUT2D eigenvalue weighted by Crippen LogP contribution is 2.17. The predicted molar refractivity (Wildman–Crippen MR) is 92.8 cm³/mol. The molecule has 0 saturated carbocycles. The van der Waals surface area contributed by atoms with Gasteiger partial charge in [0.25, 0.3) is 5.91 Å². The monoisotopic (exact) mass is 350 g/mol. The molecule has 0 heterocycles. The molecule has 1 atom stereocenters. The van der Waals surface area contributed by atoms with Gasteiger partial charge in [-0.15, -0.1) is 6.58 Å². The molecule has 1 unspecified atom stereocenters. The maximum absolute atomic E-state index is 14.1. The second kappa shape index (κ2) is 9.56. The summed E-state index contributed by atoms with van der Waals surface area (Å²) >= 11 is 0. The molecule has 7 heteroatoms. The van der Waals surface area contributed by atoms with Crippen LogP contribution in [0.3, 0.4) is 0 Å². The predicted octanol–water partition coefficient (Wildman–Crippen LogP) is 2.96. The molecule has 1 rings (SSSR count). The van der Waals surface area contributed by atoms with E-state index >= 15 is 0 Å². The van der Waals surface area contributed by atoms with E-state index in [4.69, 9.17) is 5.11 Å². The van der Waals surface area contributed by atoms with Crippen LogP contribution in [0.2, 0.25) is 0 Å². The zero-order chi connectivity index (χ0) is 19.0. The van der Waals surface area contributed by atoms with Gasteiger partial charge in [0.2, 0.25) is 5.91 Å². The zero-order valence-corrected chi connectivity index (χ0v) is 14.3. The van der Waals surface area contributed by atoms with Crippen molar-refractivity contribution in [1.82, 2.24) is 5.32 Å². The van der Waals surface area contributed by atoms with E-state index in [1.165, 1.54) is 12.1 Å². The molecule has 0 spiro atoms. The van der Waals surface area contributed by atoms with Crippen molar-refractivity contribution in [2.45, 2.75) is 39.2 Å². The highest BCUT2D eigenvalue weighted by molar-refractivity contribution is 5.97. The lowest BCUT2D eigenvalue weighted by Gasteiger charge is -2.14. The number of aliphatic carboxylic acids is 1. The summed E-state index contributed by atoms with van der Waals surface area (Å²) in [4.78, 5) is 34.9. The lowest BCUT2D eigenvalue weighted by molar-refractivity contribution is -0.139. The minimum Gasteiger partial charge on any atom is -0.480 e. The molecule has 6 nitrogen and oxygen atoms in total. The van der Waals surface area contributed by atoms with Crippen LogP contribution in [0.15, 0.2) is 30.9 Å². The molecule has 1 aromatic rings. The standard InChI is InChI=1S/C18H23FN2O4/c1-4-5-6-15(18(24)25)21-17(23)12-7-8-14(13(19)10-12)20-16(22)9-11(2)3/h4,7-8,10-11,15H,1,5-6,9H2,2-3H3,(H,20,22)(H,21,23)(H,24,25). The Hall–Kier alpha value is -2.70. The Kier molecular flexibility index (Phi) is 7.78. The van der Waals surface area contributed by atoms with Gasteiger partial charge in [0.15, 0.2) is 0 Å². The lowest BCUT2D eigenvalue weighted by atomic mass is 10.1. The second-order valence-corrected chi connectivity index (χ2v) is 6.07. The summed E-state index contributed by atoms with van der Waals surface area (Å²) in [6, 6.07) is 2.49. The van der Waals surface area contributed by atoms with Crippen LogP contribution in [-0.2, 0) is 9.59 Å². The molecule has 3 N–H and O–H groups in total. The number of carbonyl (C=O) groups excluding carboxylic acids is 2. The molecule has 25 heavy (non-hydrogen) atoms. The van der Waals surface area contributed by atoms with E-state index in [-0.39, 0.29) is 35.9 Å². The lowest BCUT2D eigenvalue weighted by Crippen LogP contribution is -2.40. The van der Waals surface area contributed by atoms with Crippen molar-refractivity contribution in [2.75, 3.05) is 5.32 Å². The van der Waals surface area contributed by atoms with Crippen molar-refractivity contribution in [3.63, 3.8) is 0 Å². The molecule has 0 aliphatic carbocycles. The molecule has 0 radical (unpaired) electrons. The number of carbonyl (C=O) groups is 3. The number of amides is 2. The smallest absolute Gasteiger partial charge is 0.326 e. The third-order valence-corrected chi connectivity index (χ3v) is 3.36. The Morgan fingerprint density at radius 3 is 2.52 bits per heavy atom. The molecule has 0 fully saturated rings. The first-order chi connectivity index (χ1) is 11.7. The number of halogens is 1. The molecule has 1 aromatic carbocycles. The van der Waals surface area contributed by atoms with Crippen molar-refractivity contribution in [1.29, 1.82) is 0 Å². The summed E-state index contributed by atoms with van der Waals surface area (Å²) in [5.74, 6) is -2.82. The van der Waals surface area contributed by atoms with Crippen LogP contribution >= 0.6 is 0 Å². The van der Waals surface area contributed by atoms with Crippen LogP contribution < -0.4 is 10.6 Å². The van der Waals surface area contributed by atoms with E-state index in [9.17, 15) is 18.8 Å². The van der Waals surface area contributed by atoms with Gasteiger partial charge in [-0.1, -0.05) is 19.9 Å². The first kappa shape index (κ1) is 20.3. The van der Waals surface area contributed by atoms with Gasteiger partial charge in [-0.2, -0.15) is 0 Å². The van der Waals surface area contributed by atoms with Crippen LogP contribution in [-0.4, -0.2) is 28.9 Å². The molecule has 136 valence electrons. The Labute approximate surface area is 146 Å². The number of hydrogen-bond donors (Lipinski definition) is 3. The Morgan fingerprint density at radius 1 is 1.32 bits per heavy atom. The summed E-state index contributed by atoms with van der Waals surface area (Å²) in [6.07, 6.45) is 2.42. The van der Waals surface area contributed by atoms with Crippen LogP contribution in [0.5, 0.6) is 0 Å². The number of anilines is 1. The van der Waals surface area contributed by atoms with Crippen molar-refractivity contribution in [3.05, 3.63) is 42.2 Å². The summed E-state index contributed by atoms with van der Waals surface area (Å²) in [7, 11) is 0. The first-order valence-electron chi connectivity index (χ1n) is 7.98. The van der Waals surface area contributed by atoms with Gasteiger partial charge in [-0.25, -0.2) is 9.18 Å². The molecule has 0 aliphatic rings. The zero-order valence-electron chi connectivity index (χ0n) is 14.3. The number of rotatable bonds is 9. The van der Waals surface area contributed by atoms with Crippen LogP contribution in [0.4, 0.5) is 10.1 Å². The number of carboxylic acids is 1. The highest BCUT2D eigenvalue weighted by atomic mass is 19.1. The van der Waals surface area contributed by atoms with Crippen molar-refractivity contribution < 1.29 is 23.9 Å². The largest absolute Gasteiger partial charge is 0.480 e. The third-order valence-electron chi connectivity index (χ3n) is 3.36. The summed E-state index contributed by atoms with van der Waals surface area (Å²) < 4.78 is 14.1. The highest BCUT2D eigenvalue weighted by Gasteiger charge is 2.20. The van der Waals surface area contributed by atoms with Gasteiger partial charge in [-0.3, -0.25) is 9.59 Å². The average molecular weight is 350 g/mol. The number of benzene rings is 1. The quantitative estimate of drug-likeness (QED) is 0.597. The van der Waals surface area contributed by atoms with E-state index in [1.54, 1.807) is 6.08 Å². The maximum atomic E-state index is 14.1. The van der Waals surface area contributed by atoms with Crippen LogP contribution in [0, 0.1) is 11.7 Å². The third kappa shape index (κ3) is 6.74. The van der Waals surface area contributed by atoms with E-state index < -0.39 is 23.7 Å². The number of carboxylic acid groups (broad SMARTS) is 1. The molecule has 0 aromatic heterocycles. The van der Waals surface area contributed by atoms with E-state index in [0.717, 1.165) is 6.07 Å². The average Bonchev–Trinajstić information content (AvgIpc) is 2.52. The van der Waals surface area contributed by atoms with Crippen LogP contribution in [0.1, 0.15) is 43.5 Å². The Morgan fingerprint density at radius 2 is 2.00 bits per heavy atom. The fourth-order valence-electron chi connectivity index (χ4n) is 2.11. The summed E-state index contributed by atoms with van der Waals surface area (Å²) in [5, 5.41) is 13.9. The fraction of sp³-hybridized carbons (Fsp3) is 0.389. The molecular formula is C18H23FN2O4. The van der Waals surface area contributed by atoms with Crippen molar-refractivity contribution in [3.8, 4) is 0 Å². The molecule has 2 amide bonds. The maximum Gasteiger partial charge on any atom is 0.326 e. The van der Waals surface area contributed by atoms with Gasteiger partial charge in [-0.05, 0) is 37.0 Å². The molecule has 0 saturated heterocycles. The second-order valence-electron chi connectivity index (χ2n) is 6.07. The molecule has 0 bridgehead atoms. The minimum atomic E-state index is -1.17. The van der Waals surface area contributed by atoms with E-state index in [0.29, 0.717) is 6.42 Å². The van der Waals surface area contributed by atoms with Crippen LogP contribution in [0.25, 0.3) is 0 Å².